The fourth-order valence-electron chi connectivity index (χ4n) is 4.03. The van der Waals surface area contributed by atoms with Gasteiger partial charge in [-0.15, -0.1) is 12.4 Å². The molecule has 0 radical (unpaired) electrons. The monoisotopic (exact) mass is 535 g/mol. The Kier molecular flexibility index (Phi) is 9.21. The van der Waals surface area contributed by atoms with Gasteiger partial charge in [-0.2, -0.15) is 9.97 Å². The third-order valence-corrected chi connectivity index (χ3v) is 5.92. The molecule has 0 unspecified atom stereocenters. The molecule has 4 atom stereocenters. The van der Waals surface area contributed by atoms with Crippen molar-refractivity contribution >= 4 is 47.2 Å². The zero-order valence-electron chi connectivity index (χ0n) is 20.1. The van der Waals surface area contributed by atoms with Gasteiger partial charge >= 0.3 is 5.97 Å². The number of carboxylic acid groups (broad SMARTS) is 1. The first-order chi connectivity index (χ1) is 17.3. The van der Waals surface area contributed by atoms with Gasteiger partial charge in [0.2, 0.25) is 5.95 Å². The average molecular weight is 536 g/mol. The van der Waals surface area contributed by atoms with Crippen molar-refractivity contribution < 1.29 is 29.6 Å². The molecule has 1 amide bonds. The minimum absolute atomic E-state index is 0. The lowest BCUT2D eigenvalue weighted by molar-refractivity contribution is -0.138. The molecular formula is C23H30ClN7O6. The first-order valence-electron chi connectivity index (χ1n) is 11.6. The van der Waals surface area contributed by atoms with E-state index in [1.807, 2.05) is 24.3 Å². The largest absolute Gasteiger partial charge is 0.481 e. The predicted molar refractivity (Wildman–Crippen MR) is 136 cm³/mol. The number of hydrogen-bond acceptors (Lipinski definition) is 10. The first-order valence-corrected chi connectivity index (χ1v) is 11.6. The Morgan fingerprint density at radius 1 is 1.11 bits per heavy atom. The fraction of sp³-hybridized carbons (Fsp3) is 0.435. The molecule has 14 heteroatoms. The lowest BCUT2D eigenvalue weighted by atomic mass is 10.1. The molecule has 2 aromatic heterocycles. The van der Waals surface area contributed by atoms with Gasteiger partial charge in [-0.3, -0.25) is 14.2 Å². The quantitative estimate of drug-likeness (QED) is 0.208. The molecule has 200 valence electrons. The van der Waals surface area contributed by atoms with Gasteiger partial charge in [-0.1, -0.05) is 24.3 Å². The standard InChI is InChI=1S/C23H29N7O6.ClH/c1-2-25-21(35)18-16(33)17(34)22(36-18)30-11-27-15-19(24)28-23(29-20(15)30)26-10-9-13-5-3-12(4-6-13)7-8-14(31)32;/h3-6,11,16-18,22,33-34H,2,7-10H2,1H3,(H,25,35)(H,31,32)(H3,24,26,28,29);1H/t16-,17-,18+,22-;/m1./s1. The summed E-state index contributed by atoms with van der Waals surface area (Å²) in [5.41, 5.74) is 8.65. The zero-order valence-corrected chi connectivity index (χ0v) is 20.9. The number of carbonyl (C=O) groups excluding carboxylic acids is 1. The Hall–Kier alpha value is -3.52. The van der Waals surface area contributed by atoms with Crippen LogP contribution in [0.3, 0.4) is 0 Å². The topological polar surface area (TPSA) is 198 Å². The Morgan fingerprint density at radius 2 is 1.78 bits per heavy atom. The van der Waals surface area contributed by atoms with Crippen LogP contribution in [-0.4, -0.2) is 78.1 Å². The van der Waals surface area contributed by atoms with E-state index in [2.05, 4.69) is 25.6 Å². The second-order valence-corrected chi connectivity index (χ2v) is 8.47. The predicted octanol–water partition coefficient (Wildman–Crippen LogP) is 0.257. The van der Waals surface area contributed by atoms with Crippen LogP contribution in [-0.2, 0) is 27.2 Å². The van der Waals surface area contributed by atoms with Gasteiger partial charge in [-0.05, 0) is 30.9 Å². The molecule has 0 spiro atoms. The van der Waals surface area contributed by atoms with E-state index in [0.29, 0.717) is 31.4 Å². The van der Waals surface area contributed by atoms with Gasteiger partial charge in [0.1, 0.15) is 17.7 Å². The number of rotatable bonds is 10. The summed E-state index contributed by atoms with van der Waals surface area (Å²) in [6.07, 6.45) is -2.56. The molecule has 1 aromatic carbocycles. The zero-order chi connectivity index (χ0) is 25.8. The van der Waals surface area contributed by atoms with E-state index in [4.69, 9.17) is 15.6 Å². The smallest absolute Gasteiger partial charge is 0.303 e. The number of amides is 1. The van der Waals surface area contributed by atoms with Crippen LogP contribution >= 0.6 is 12.4 Å². The highest BCUT2D eigenvalue weighted by atomic mass is 35.5. The minimum atomic E-state index is -1.42. The van der Waals surface area contributed by atoms with Crippen LogP contribution in [0.25, 0.3) is 11.2 Å². The van der Waals surface area contributed by atoms with Crippen LogP contribution in [0.1, 0.15) is 30.7 Å². The molecule has 37 heavy (non-hydrogen) atoms. The maximum atomic E-state index is 12.2. The first kappa shape index (κ1) is 28.1. The number of benzene rings is 1. The number of halogens is 1. The van der Waals surface area contributed by atoms with Crippen LogP contribution < -0.4 is 16.4 Å². The normalized spacial score (nSPS) is 20.9. The maximum absolute atomic E-state index is 12.2. The molecule has 0 bridgehead atoms. The lowest BCUT2D eigenvalue weighted by Gasteiger charge is -2.16. The highest BCUT2D eigenvalue weighted by Crippen LogP contribution is 2.32. The highest BCUT2D eigenvalue weighted by molar-refractivity contribution is 5.85. The van der Waals surface area contributed by atoms with Crippen LogP contribution in [0.5, 0.6) is 0 Å². The van der Waals surface area contributed by atoms with Crippen molar-refractivity contribution in [1.82, 2.24) is 24.8 Å². The Labute approximate surface area is 218 Å². The Bertz CT molecular complexity index is 1240. The van der Waals surface area contributed by atoms with Crippen LogP contribution in [0.4, 0.5) is 11.8 Å². The number of aliphatic hydroxyl groups is 2. The van der Waals surface area contributed by atoms with E-state index in [1.54, 1.807) is 6.92 Å². The van der Waals surface area contributed by atoms with E-state index >= 15 is 0 Å². The maximum Gasteiger partial charge on any atom is 0.303 e. The van der Waals surface area contributed by atoms with E-state index in [0.717, 1.165) is 11.1 Å². The number of nitrogen functional groups attached to an aromatic ring is 1. The summed E-state index contributed by atoms with van der Waals surface area (Å²) in [4.78, 5) is 35.8. The molecule has 13 nitrogen and oxygen atoms in total. The summed E-state index contributed by atoms with van der Waals surface area (Å²) in [7, 11) is 0. The number of fused-ring (bicyclic) bond motifs is 1. The summed E-state index contributed by atoms with van der Waals surface area (Å²) >= 11 is 0. The van der Waals surface area contributed by atoms with Crippen LogP contribution in [0.15, 0.2) is 30.6 Å². The lowest BCUT2D eigenvalue weighted by Crippen LogP contribution is -2.42. The second-order valence-electron chi connectivity index (χ2n) is 8.47. The van der Waals surface area contributed by atoms with Crippen molar-refractivity contribution in [2.24, 2.45) is 0 Å². The number of anilines is 2. The van der Waals surface area contributed by atoms with E-state index in [1.165, 1.54) is 10.9 Å². The van der Waals surface area contributed by atoms with Crippen LogP contribution in [0.2, 0.25) is 0 Å². The highest BCUT2D eigenvalue weighted by Gasteiger charge is 2.47. The molecule has 4 rings (SSSR count). The number of nitrogens with one attached hydrogen (secondary N) is 2. The molecule has 3 aromatic rings. The number of aliphatic hydroxyl groups excluding tert-OH is 2. The van der Waals surface area contributed by atoms with Gasteiger partial charge in [-0.25, -0.2) is 4.98 Å². The van der Waals surface area contributed by atoms with E-state index in [-0.39, 0.29) is 36.2 Å². The van der Waals surface area contributed by atoms with E-state index in [9.17, 15) is 19.8 Å². The SMILES string of the molecule is CCNC(=O)[C@H]1O[C@@H](n2cnc3c(N)nc(NCCc4ccc(CCC(=O)O)cc4)nc32)[C@H](O)[C@H]1O.Cl. The van der Waals surface area contributed by atoms with Crippen molar-refractivity contribution in [3.05, 3.63) is 41.7 Å². The molecule has 0 saturated carbocycles. The number of imidazole rings is 1. The fourth-order valence-corrected chi connectivity index (χ4v) is 4.03. The van der Waals surface area contributed by atoms with Crippen molar-refractivity contribution in [2.75, 3.05) is 24.1 Å². The Morgan fingerprint density at radius 3 is 2.43 bits per heavy atom. The van der Waals surface area contributed by atoms with Crippen molar-refractivity contribution in [1.29, 1.82) is 0 Å². The minimum Gasteiger partial charge on any atom is -0.481 e. The number of aryl methyl sites for hydroxylation is 1. The van der Waals surface area contributed by atoms with Gasteiger partial charge in [0.25, 0.3) is 5.91 Å². The number of aliphatic carboxylic acids is 1. The van der Waals surface area contributed by atoms with Crippen molar-refractivity contribution in [3.8, 4) is 0 Å². The number of likely N-dealkylation sites (N-methyl/N-ethyl adjacent to an activating group) is 1. The van der Waals surface area contributed by atoms with Gasteiger partial charge in [0.15, 0.2) is 23.8 Å². The number of hydrogen-bond donors (Lipinski definition) is 6. The molecule has 3 heterocycles. The summed E-state index contributed by atoms with van der Waals surface area (Å²) in [6.45, 7) is 2.59. The number of aromatic nitrogens is 4. The number of nitrogens with zero attached hydrogens (tertiary/aromatic N) is 4. The molecule has 1 fully saturated rings. The molecular weight excluding hydrogens is 506 g/mol. The summed E-state index contributed by atoms with van der Waals surface area (Å²) < 4.78 is 7.09. The number of carbonyl (C=O) groups is 2. The molecule has 1 aliphatic heterocycles. The number of nitrogens with two attached hydrogens (primary N) is 1. The van der Waals surface area contributed by atoms with Gasteiger partial charge in [0, 0.05) is 19.5 Å². The Balaban J connectivity index is 0.00000380. The van der Waals surface area contributed by atoms with Gasteiger partial charge < -0.3 is 36.4 Å². The molecule has 7 N–H and O–H groups in total. The van der Waals surface area contributed by atoms with Crippen LogP contribution in [0, 0.1) is 0 Å². The second kappa shape index (κ2) is 12.1. The summed E-state index contributed by atoms with van der Waals surface area (Å²) in [6, 6.07) is 7.71. The van der Waals surface area contributed by atoms with Crippen molar-refractivity contribution in [3.63, 3.8) is 0 Å². The van der Waals surface area contributed by atoms with E-state index < -0.39 is 36.4 Å². The average Bonchev–Trinajstić information content (AvgIpc) is 3.40. The summed E-state index contributed by atoms with van der Waals surface area (Å²) in [5.74, 6) is -0.985. The number of carboxylic acids is 1. The third kappa shape index (κ3) is 6.25. The third-order valence-electron chi connectivity index (χ3n) is 5.92. The summed E-state index contributed by atoms with van der Waals surface area (Å²) in [5, 5.41) is 35.4. The molecule has 0 aliphatic carbocycles. The van der Waals surface area contributed by atoms with Crippen molar-refractivity contribution in [2.45, 2.75) is 50.7 Å². The van der Waals surface area contributed by atoms with Gasteiger partial charge in [0.05, 0.1) is 6.33 Å². The molecule has 1 saturated heterocycles. The molecule has 1 aliphatic rings. The number of ether oxygens (including phenoxy) is 1.